The third kappa shape index (κ3) is 6.18. The van der Waals surface area contributed by atoms with Crippen LogP contribution in [0, 0.1) is 51.2 Å². The van der Waals surface area contributed by atoms with Gasteiger partial charge in [0.25, 0.3) is 0 Å². The molecule has 15 heteroatoms. The van der Waals surface area contributed by atoms with Gasteiger partial charge in [-0.05, 0) is 98.7 Å². The Morgan fingerprint density at radius 1 is 0.850 bits per heavy atom. The zero-order valence-corrected chi connectivity index (χ0v) is 36.9. The lowest BCUT2D eigenvalue weighted by atomic mass is 9.35. The summed E-state index contributed by atoms with van der Waals surface area (Å²) in [4.78, 5) is 13.1. The van der Waals surface area contributed by atoms with Gasteiger partial charge in [0.2, 0.25) is 5.79 Å². The molecule has 0 aromatic heterocycles. The summed E-state index contributed by atoms with van der Waals surface area (Å²) < 4.78 is 44.9. The summed E-state index contributed by atoms with van der Waals surface area (Å²) in [6.07, 6.45) is -10.4. The van der Waals surface area contributed by atoms with Crippen molar-refractivity contribution in [2.75, 3.05) is 13.2 Å². The van der Waals surface area contributed by atoms with Crippen LogP contribution in [-0.2, 0) is 38.0 Å². The van der Waals surface area contributed by atoms with E-state index in [4.69, 9.17) is 33.2 Å². The minimum absolute atomic E-state index is 0.00217. The first-order chi connectivity index (χ1) is 27.9. The maximum atomic E-state index is 13.1. The average Bonchev–Trinajstić information content (AvgIpc) is 3.70. The first kappa shape index (κ1) is 45.3. The van der Waals surface area contributed by atoms with Gasteiger partial charge >= 0.3 is 5.97 Å². The Hall–Kier alpha value is -1.31. The van der Waals surface area contributed by atoms with Gasteiger partial charge in [0.05, 0.1) is 43.0 Å². The molecule has 4 saturated carbocycles. The predicted molar refractivity (Wildman–Crippen MR) is 212 cm³/mol. The zero-order valence-electron chi connectivity index (χ0n) is 36.9. The first-order valence-electron chi connectivity index (χ1n) is 22.5. The molecule has 4 aliphatic heterocycles. The number of fused-ring (bicyclic) bond motifs is 4. The average molecular weight is 853 g/mol. The van der Waals surface area contributed by atoms with Crippen LogP contribution < -0.4 is 0 Å². The third-order valence-electron chi connectivity index (χ3n) is 18.1. The molecular formula is C45H72O15. The zero-order chi connectivity index (χ0) is 43.9. The highest BCUT2D eigenvalue weighted by Crippen LogP contribution is 2.81. The number of aliphatic hydroxyl groups is 7. The van der Waals surface area contributed by atoms with Crippen molar-refractivity contribution >= 4 is 5.97 Å². The molecular weight excluding hydrogens is 780 g/mol. The molecule has 0 aromatic rings. The van der Waals surface area contributed by atoms with E-state index < -0.39 is 120 Å². The first-order valence-corrected chi connectivity index (χ1v) is 22.5. The Bertz CT molecular complexity index is 1650. The summed E-state index contributed by atoms with van der Waals surface area (Å²) in [6, 6.07) is 0. The molecule has 22 atom stereocenters. The second kappa shape index (κ2) is 15.1. The van der Waals surface area contributed by atoms with Crippen molar-refractivity contribution in [1.82, 2.24) is 0 Å². The summed E-state index contributed by atoms with van der Waals surface area (Å²) in [5, 5.41) is 76.4. The predicted octanol–water partition coefficient (Wildman–Crippen LogP) is 2.32. The normalized spacial score (nSPS) is 55.5. The van der Waals surface area contributed by atoms with Crippen molar-refractivity contribution < 1.29 is 73.7 Å². The van der Waals surface area contributed by atoms with Crippen LogP contribution in [-0.4, -0.2) is 146 Å². The number of esters is 1. The molecule has 15 nitrogen and oxygen atoms in total. The number of carbonyl (C=O) groups is 1. The van der Waals surface area contributed by atoms with Gasteiger partial charge in [-0.1, -0.05) is 53.7 Å². The van der Waals surface area contributed by atoms with Crippen LogP contribution in [0.1, 0.15) is 107 Å². The highest BCUT2D eigenvalue weighted by molar-refractivity contribution is 5.66. The van der Waals surface area contributed by atoms with Gasteiger partial charge in [0.15, 0.2) is 18.7 Å². The largest absolute Gasteiger partial charge is 0.456 e. The maximum absolute atomic E-state index is 13.1. The van der Waals surface area contributed by atoms with Crippen LogP contribution in [0.25, 0.3) is 0 Å². The van der Waals surface area contributed by atoms with E-state index in [0.717, 1.165) is 37.7 Å². The number of rotatable bonds is 9. The molecule has 22 unspecified atom stereocenters. The Morgan fingerprint density at radius 2 is 1.55 bits per heavy atom. The van der Waals surface area contributed by atoms with E-state index in [1.165, 1.54) is 13.8 Å². The van der Waals surface area contributed by atoms with E-state index >= 15 is 0 Å². The number of ether oxygens (including phenoxy) is 7. The molecule has 8 aliphatic rings. The number of hydrogen-bond donors (Lipinski definition) is 7. The topological polar surface area (TPSA) is 223 Å². The smallest absolute Gasteiger partial charge is 0.303 e. The van der Waals surface area contributed by atoms with Crippen molar-refractivity contribution in [3.8, 4) is 0 Å². The molecule has 2 bridgehead atoms. The van der Waals surface area contributed by atoms with E-state index in [2.05, 4.69) is 48.1 Å². The molecule has 4 aliphatic carbocycles. The van der Waals surface area contributed by atoms with Crippen LogP contribution in [0.3, 0.4) is 0 Å². The quantitative estimate of drug-likeness (QED) is 0.101. The van der Waals surface area contributed by atoms with Gasteiger partial charge in [-0.25, -0.2) is 0 Å². The lowest BCUT2D eigenvalue weighted by Crippen LogP contribution is -2.68. The highest BCUT2D eigenvalue weighted by Gasteiger charge is 2.88. The molecule has 342 valence electrons. The lowest BCUT2D eigenvalue weighted by Gasteiger charge is -2.70. The number of carbonyl (C=O) groups excluding carboxylic acids is 1. The Kier molecular flexibility index (Phi) is 11.4. The fraction of sp³-hybridized carbons (Fsp3) is 0.933. The highest BCUT2D eigenvalue weighted by atomic mass is 16.8. The maximum Gasteiger partial charge on any atom is 0.303 e. The fourth-order valence-electron chi connectivity index (χ4n) is 14.9. The SMILES string of the molecule is C=C(CC1OC23OCC4(C(CCC5C6(C)CCC(OC7OC(CO)C(O)C(O)C7OC7OC(C)C(O)C(O)C7O)C(C)(C)C6CCC54C)C2C1(C)O)C3OC(C)=O)C(C)C. The standard InChI is InChI=1S/C45H72O15/c1-20(2)21(3)17-29-43(10,53)36-24-11-12-27-41(8)15-14-28(40(6,7)26(41)13-16-42(27,9)44(24)19-54-45(36,60-29)39(44)56-23(5)47)58-38-35(33(51)31(49)25(18-46)57-38)59-37-34(52)32(50)30(48)22(4)55-37/h20,22,24-39,46,48-53H,3,11-19H2,1-2,4-10H3. The van der Waals surface area contributed by atoms with Gasteiger partial charge < -0.3 is 68.9 Å². The van der Waals surface area contributed by atoms with Crippen molar-refractivity contribution in [2.24, 2.45) is 51.2 Å². The van der Waals surface area contributed by atoms with Gasteiger partial charge in [0, 0.05) is 12.3 Å². The Labute approximate surface area is 354 Å². The molecule has 4 saturated heterocycles. The third-order valence-corrected chi connectivity index (χ3v) is 18.1. The van der Waals surface area contributed by atoms with Gasteiger partial charge in [0.1, 0.15) is 42.7 Å². The monoisotopic (exact) mass is 852 g/mol. The fourth-order valence-corrected chi connectivity index (χ4v) is 14.9. The molecule has 0 aromatic carbocycles. The van der Waals surface area contributed by atoms with Crippen LogP contribution >= 0.6 is 0 Å². The van der Waals surface area contributed by atoms with Crippen LogP contribution in [0.2, 0.25) is 0 Å². The summed E-state index contributed by atoms with van der Waals surface area (Å²) in [5.74, 6) is -1.49. The molecule has 8 rings (SSSR count). The van der Waals surface area contributed by atoms with Gasteiger partial charge in [-0.15, -0.1) is 0 Å². The number of hydrogen-bond acceptors (Lipinski definition) is 15. The van der Waals surface area contributed by atoms with E-state index in [1.807, 2.05) is 6.92 Å². The van der Waals surface area contributed by atoms with Gasteiger partial charge in [-0.3, -0.25) is 4.79 Å². The summed E-state index contributed by atoms with van der Waals surface area (Å²) >= 11 is 0. The van der Waals surface area contributed by atoms with E-state index in [9.17, 15) is 40.5 Å². The van der Waals surface area contributed by atoms with E-state index in [0.29, 0.717) is 19.4 Å². The van der Waals surface area contributed by atoms with Crippen molar-refractivity contribution in [3.05, 3.63) is 12.2 Å². The molecule has 8 fully saturated rings. The second-order valence-electron chi connectivity index (χ2n) is 21.6. The lowest BCUT2D eigenvalue weighted by molar-refractivity contribution is -0.376. The molecule has 4 heterocycles. The van der Waals surface area contributed by atoms with Crippen LogP contribution in [0.15, 0.2) is 12.2 Å². The Balaban J connectivity index is 1.07. The molecule has 2 spiro atoms. The molecule has 0 radical (unpaired) electrons. The van der Waals surface area contributed by atoms with E-state index in [1.54, 1.807) is 0 Å². The molecule has 60 heavy (non-hydrogen) atoms. The van der Waals surface area contributed by atoms with Crippen molar-refractivity contribution in [2.45, 2.75) is 198 Å². The summed E-state index contributed by atoms with van der Waals surface area (Å²) in [6.45, 7) is 22.2. The van der Waals surface area contributed by atoms with Crippen molar-refractivity contribution in [1.29, 1.82) is 0 Å². The van der Waals surface area contributed by atoms with Crippen molar-refractivity contribution in [3.63, 3.8) is 0 Å². The molecule has 7 N–H and O–H groups in total. The van der Waals surface area contributed by atoms with Crippen LogP contribution in [0.4, 0.5) is 0 Å². The minimum atomic E-state index is -1.67. The Morgan fingerprint density at radius 3 is 2.20 bits per heavy atom. The summed E-state index contributed by atoms with van der Waals surface area (Å²) in [7, 11) is 0. The minimum Gasteiger partial charge on any atom is -0.456 e. The van der Waals surface area contributed by atoms with Gasteiger partial charge in [-0.2, -0.15) is 0 Å². The second-order valence-corrected chi connectivity index (χ2v) is 21.6. The molecule has 0 amide bonds. The number of aliphatic hydroxyl groups excluding tert-OH is 6. The van der Waals surface area contributed by atoms with E-state index in [-0.39, 0.29) is 34.5 Å². The summed E-state index contributed by atoms with van der Waals surface area (Å²) in [5.41, 5.74) is -1.84. The van der Waals surface area contributed by atoms with Crippen LogP contribution in [0.5, 0.6) is 0 Å².